The highest BCUT2D eigenvalue weighted by atomic mass is 16.5. The Morgan fingerprint density at radius 3 is 1.26 bits per heavy atom. The molecule has 0 bridgehead atoms. The molecule has 0 atom stereocenters. The average Bonchev–Trinajstić information content (AvgIpc) is 2.88. The van der Waals surface area contributed by atoms with E-state index in [-0.39, 0.29) is 5.92 Å². The number of anilines is 2. The molecule has 1 aliphatic rings. The van der Waals surface area contributed by atoms with Gasteiger partial charge in [-0.15, -0.1) is 0 Å². The third kappa shape index (κ3) is 4.65. The van der Waals surface area contributed by atoms with Crippen molar-refractivity contribution in [3.05, 3.63) is 53.1 Å². The van der Waals surface area contributed by atoms with Crippen LogP contribution in [0.1, 0.15) is 22.6 Å². The summed E-state index contributed by atoms with van der Waals surface area (Å²) in [5.41, 5.74) is 5.65. The maximum Gasteiger partial charge on any atom is 0.139 e. The molecular weight excluding hydrogens is 482 g/mol. The number of fused-ring (bicyclic) bond motifs is 2. The lowest BCUT2D eigenvalue weighted by Gasteiger charge is -2.34. The monoisotopic (exact) mass is 522 g/mol. The Kier molecular flexibility index (Phi) is 7.30. The predicted molar refractivity (Wildman–Crippen MR) is 155 cm³/mol. The van der Waals surface area contributed by atoms with Crippen molar-refractivity contribution in [2.75, 3.05) is 87.6 Å². The van der Waals surface area contributed by atoms with Gasteiger partial charge in [-0.2, -0.15) is 0 Å². The minimum absolute atomic E-state index is 0.350. The van der Waals surface area contributed by atoms with Crippen molar-refractivity contribution < 1.29 is 23.7 Å². The first-order valence-corrected chi connectivity index (χ1v) is 12.5. The highest BCUT2D eigenvalue weighted by Gasteiger charge is 2.39. The maximum atomic E-state index is 6.62. The first-order valence-electron chi connectivity index (χ1n) is 12.5. The minimum Gasteiger partial charge on any atom is -0.496 e. The first-order chi connectivity index (χ1) is 17.9. The predicted octanol–water partition coefficient (Wildman–Crippen LogP) is 5.34. The fraction of sp³-hybridized carbons (Fsp3) is 0.400. The quantitative estimate of drug-likeness (QED) is 0.290. The third-order valence-electron chi connectivity index (χ3n) is 7.04. The molecule has 3 aromatic carbocycles. The summed E-state index contributed by atoms with van der Waals surface area (Å²) in [6.07, 6.45) is 0. The van der Waals surface area contributed by atoms with Gasteiger partial charge < -0.3 is 33.5 Å². The van der Waals surface area contributed by atoms with E-state index in [1.54, 1.807) is 28.4 Å². The summed E-state index contributed by atoms with van der Waals surface area (Å²) in [5.74, 6) is 3.92. The van der Waals surface area contributed by atoms with Crippen molar-refractivity contribution in [3.8, 4) is 34.5 Å². The Labute approximate surface area is 226 Å². The molecule has 0 amide bonds. The number of hydrogen-bond acceptors (Lipinski definition) is 7. The molecule has 0 fully saturated rings. The molecular formula is C30H40N3O5+. The summed E-state index contributed by atoms with van der Waals surface area (Å²) in [7, 11) is 21.1. The topological polar surface area (TPSA) is 52.6 Å². The van der Waals surface area contributed by atoms with Crippen molar-refractivity contribution in [1.29, 1.82) is 0 Å². The van der Waals surface area contributed by atoms with Crippen LogP contribution in [0.4, 0.5) is 17.1 Å². The molecule has 1 heterocycles. The van der Waals surface area contributed by atoms with Crippen LogP contribution in [0.25, 0.3) is 0 Å². The normalized spacial score (nSPS) is 12.7. The Morgan fingerprint density at radius 2 is 0.947 bits per heavy atom. The molecule has 8 heteroatoms. The van der Waals surface area contributed by atoms with E-state index in [9.17, 15) is 0 Å². The molecule has 0 aromatic heterocycles. The number of quaternary nitrogens is 1. The number of rotatable bonds is 8. The smallest absolute Gasteiger partial charge is 0.139 e. The second-order valence-electron chi connectivity index (χ2n) is 10.7. The number of methoxy groups -OCH3 is 4. The van der Waals surface area contributed by atoms with E-state index in [0.29, 0.717) is 39.0 Å². The van der Waals surface area contributed by atoms with Crippen molar-refractivity contribution in [3.63, 3.8) is 0 Å². The largest absolute Gasteiger partial charge is 0.496 e. The fourth-order valence-electron chi connectivity index (χ4n) is 4.91. The van der Waals surface area contributed by atoms with Crippen LogP contribution in [0.15, 0.2) is 36.4 Å². The van der Waals surface area contributed by atoms with Crippen LogP contribution in [-0.4, -0.2) is 77.8 Å². The lowest BCUT2D eigenvalue weighted by atomic mass is 9.80. The van der Waals surface area contributed by atoms with Gasteiger partial charge in [0.05, 0.1) is 55.5 Å². The molecule has 0 unspecified atom stereocenters. The molecule has 0 saturated carbocycles. The summed E-state index contributed by atoms with van der Waals surface area (Å²) in [6, 6.07) is 12.3. The Hall–Kier alpha value is -3.78. The SMILES string of the molecule is COc1cc([N+](C)(C)C)cc(OC)c1C1c2c(OC)cc(N(C)C)cc2Oc2cc(N(C)C)cc(OC)c21. The van der Waals surface area contributed by atoms with Gasteiger partial charge >= 0.3 is 0 Å². The van der Waals surface area contributed by atoms with Crippen LogP contribution >= 0.6 is 0 Å². The Bertz CT molecular complexity index is 1250. The highest BCUT2D eigenvalue weighted by Crippen LogP contribution is 2.59. The zero-order valence-electron chi connectivity index (χ0n) is 24.4. The van der Waals surface area contributed by atoms with Crippen molar-refractivity contribution >= 4 is 17.1 Å². The van der Waals surface area contributed by atoms with Gasteiger partial charge in [0.1, 0.15) is 40.2 Å². The number of nitrogens with zero attached hydrogens (tertiary/aromatic N) is 3. The first kappa shape index (κ1) is 27.3. The molecule has 0 aliphatic carbocycles. The zero-order valence-corrected chi connectivity index (χ0v) is 24.4. The van der Waals surface area contributed by atoms with Gasteiger partial charge in [0.15, 0.2) is 0 Å². The van der Waals surface area contributed by atoms with E-state index in [1.165, 1.54) is 0 Å². The maximum absolute atomic E-state index is 6.62. The van der Waals surface area contributed by atoms with E-state index < -0.39 is 0 Å². The molecule has 8 nitrogen and oxygen atoms in total. The van der Waals surface area contributed by atoms with Gasteiger partial charge in [-0.1, -0.05) is 0 Å². The molecule has 0 spiro atoms. The fourth-order valence-corrected chi connectivity index (χ4v) is 4.91. The van der Waals surface area contributed by atoms with E-state index in [4.69, 9.17) is 23.7 Å². The van der Waals surface area contributed by atoms with E-state index >= 15 is 0 Å². The third-order valence-corrected chi connectivity index (χ3v) is 7.04. The van der Waals surface area contributed by atoms with Crippen LogP contribution < -0.4 is 38.0 Å². The molecule has 3 aromatic rings. The zero-order chi connectivity index (χ0) is 27.9. The van der Waals surface area contributed by atoms with Gasteiger partial charge in [0.25, 0.3) is 0 Å². The summed E-state index contributed by atoms with van der Waals surface area (Å²) in [5, 5.41) is 0. The number of benzene rings is 3. The highest BCUT2D eigenvalue weighted by molar-refractivity contribution is 5.75. The van der Waals surface area contributed by atoms with Crippen LogP contribution in [0, 0.1) is 0 Å². The van der Waals surface area contributed by atoms with E-state index in [2.05, 4.69) is 33.3 Å². The number of hydrogen-bond donors (Lipinski definition) is 0. The lowest BCUT2D eigenvalue weighted by Crippen LogP contribution is -2.34. The second-order valence-corrected chi connectivity index (χ2v) is 10.7. The van der Waals surface area contributed by atoms with Crippen molar-refractivity contribution in [1.82, 2.24) is 4.48 Å². The molecule has 0 radical (unpaired) electrons. The summed E-state index contributed by atoms with van der Waals surface area (Å²) < 4.78 is 31.3. The molecule has 0 N–H and O–H groups in total. The van der Waals surface area contributed by atoms with Gasteiger partial charge in [-0.3, -0.25) is 4.48 Å². The summed E-state index contributed by atoms with van der Waals surface area (Å²) in [6.45, 7) is 0. The summed E-state index contributed by atoms with van der Waals surface area (Å²) >= 11 is 0. The molecule has 0 saturated heterocycles. The Morgan fingerprint density at radius 1 is 0.579 bits per heavy atom. The van der Waals surface area contributed by atoms with Crippen LogP contribution in [-0.2, 0) is 0 Å². The standard InChI is InChI=1S/C30H40N3O5/c1-31(2)18-12-21(34-8)28-25(14-18)38-26-15-19(32(3)4)13-22(35-9)29(26)30(28)27-23(36-10)16-20(33(5,6)7)17-24(27)37-11/h12-17,30H,1-11H3/q+1. The minimum atomic E-state index is -0.350. The van der Waals surface area contributed by atoms with Gasteiger partial charge in [-0.05, 0) is 0 Å². The van der Waals surface area contributed by atoms with Crippen LogP contribution in [0.2, 0.25) is 0 Å². The van der Waals surface area contributed by atoms with Crippen molar-refractivity contribution in [2.24, 2.45) is 0 Å². The molecule has 38 heavy (non-hydrogen) atoms. The molecule has 1 aliphatic heterocycles. The van der Waals surface area contributed by atoms with Crippen molar-refractivity contribution in [2.45, 2.75) is 5.92 Å². The van der Waals surface area contributed by atoms with Gasteiger partial charge in [-0.25, -0.2) is 0 Å². The summed E-state index contributed by atoms with van der Waals surface area (Å²) in [4.78, 5) is 4.06. The molecule has 204 valence electrons. The average molecular weight is 523 g/mol. The molecule has 4 rings (SSSR count). The van der Waals surface area contributed by atoms with Gasteiger partial charge in [0.2, 0.25) is 0 Å². The van der Waals surface area contributed by atoms with E-state index in [0.717, 1.165) is 33.8 Å². The second kappa shape index (κ2) is 10.2. The number of ether oxygens (including phenoxy) is 5. The van der Waals surface area contributed by atoms with Gasteiger partial charge in [0, 0.05) is 92.7 Å². The van der Waals surface area contributed by atoms with Crippen LogP contribution in [0.5, 0.6) is 34.5 Å². The lowest BCUT2D eigenvalue weighted by molar-refractivity contribution is 0.363. The Balaban J connectivity index is 2.16. The van der Waals surface area contributed by atoms with Crippen LogP contribution in [0.3, 0.4) is 0 Å². The van der Waals surface area contributed by atoms with E-state index in [1.807, 2.05) is 62.3 Å².